The molecule has 16 heavy (non-hydrogen) atoms. The minimum atomic E-state index is -0.324. The molecule has 1 rings (SSSR count). The normalized spacial score (nSPS) is 9.06. The molecule has 0 unspecified atom stereocenters. The van der Waals surface area contributed by atoms with Gasteiger partial charge in [-0.1, -0.05) is 12.0 Å². The summed E-state index contributed by atoms with van der Waals surface area (Å²) in [5.74, 6) is 5.42. The van der Waals surface area contributed by atoms with Crippen molar-refractivity contribution in [3.05, 3.63) is 23.9 Å². The number of hydrogen-bond donors (Lipinski definition) is 2. The molecule has 0 saturated carbocycles. The van der Waals surface area contributed by atoms with Crippen molar-refractivity contribution < 1.29 is 14.9 Å². The highest BCUT2D eigenvalue weighted by Crippen LogP contribution is 2.05. The monoisotopic (exact) mass is 220 g/mol. The van der Waals surface area contributed by atoms with Gasteiger partial charge in [0.1, 0.15) is 5.69 Å². The molecule has 1 heterocycles. The number of amides is 1. The number of primary amides is 1. The Balaban J connectivity index is 2.46. The Labute approximate surface area is 93.2 Å². The first-order valence-electron chi connectivity index (χ1n) is 4.78. The minimum absolute atomic E-state index is 0.101. The average Bonchev–Trinajstić information content (AvgIpc) is 2.28. The molecule has 0 saturated heterocycles. The Morgan fingerprint density at radius 2 is 2.38 bits per heavy atom. The number of nitrogens with zero attached hydrogens (tertiary/aromatic N) is 1. The van der Waals surface area contributed by atoms with Crippen molar-refractivity contribution in [2.75, 3.05) is 0 Å². The standard InChI is InChI=1S/C11H12N2O3/c12-10(14)7-3-1-2-5-9-6-4-8-11(13-9)16-15/h4,6,8,15H,1,3,7H2,(H2,12,14). The van der Waals surface area contributed by atoms with Crippen LogP contribution in [0, 0.1) is 11.8 Å². The van der Waals surface area contributed by atoms with E-state index in [1.54, 1.807) is 12.1 Å². The van der Waals surface area contributed by atoms with E-state index >= 15 is 0 Å². The second-order valence-corrected chi connectivity index (χ2v) is 3.07. The van der Waals surface area contributed by atoms with Crippen LogP contribution in [0.15, 0.2) is 18.2 Å². The van der Waals surface area contributed by atoms with Crippen LogP contribution < -0.4 is 10.6 Å². The molecule has 1 aromatic heterocycles. The van der Waals surface area contributed by atoms with Crippen LogP contribution in [0.5, 0.6) is 5.88 Å². The number of nitrogens with two attached hydrogens (primary N) is 1. The highest BCUT2D eigenvalue weighted by Gasteiger charge is 1.94. The molecule has 1 amide bonds. The fraction of sp³-hybridized carbons (Fsp3) is 0.273. The summed E-state index contributed by atoms with van der Waals surface area (Å²) in [6, 6.07) is 4.88. The van der Waals surface area contributed by atoms with Crippen LogP contribution in [0.3, 0.4) is 0 Å². The lowest BCUT2D eigenvalue weighted by Gasteiger charge is -1.94. The SMILES string of the molecule is NC(=O)CCCC#Cc1cccc(OO)n1. The number of unbranched alkanes of at least 4 members (excludes halogenated alkanes) is 1. The molecule has 0 spiro atoms. The van der Waals surface area contributed by atoms with Gasteiger partial charge in [0.05, 0.1) is 0 Å². The summed E-state index contributed by atoms with van der Waals surface area (Å²) in [4.78, 5) is 18.3. The molecule has 0 bridgehead atoms. The molecule has 0 aromatic carbocycles. The number of pyridine rings is 1. The van der Waals surface area contributed by atoms with Crippen LogP contribution in [-0.2, 0) is 4.79 Å². The van der Waals surface area contributed by atoms with Crippen molar-refractivity contribution >= 4 is 5.91 Å². The molecule has 1 aromatic rings. The zero-order chi connectivity index (χ0) is 11.8. The van der Waals surface area contributed by atoms with Gasteiger partial charge in [-0.2, -0.15) is 0 Å². The van der Waals surface area contributed by atoms with Gasteiger partial charge < -0.3 is 10.6 Å². The third-order valence-corrected chi connectivity index (χ3v) is 1.76. The zero-order valence-corrected chi connectivity index (χ0v) is 8.64. The predicted octanol–water partition coefficient (Wildman–Crippen LogP) is 0.940. The number of carbonyl (C=O) groups is 1. The Kier molecular flexibility index (Phi) is 4.83. The van der Waals surface area contributed by atoms with Crippen molar-refractivity contribution in [1.82, 2.24) is 4.98 Å². The van der Waals surface area contributed by atoms with Gasteiger partial charge >= 0.3 is 0 Å². The van der Waals surface area contributed by atoms with E-state index in [0.29, 0.717) is 25.0 Å². The van der Waals surface area contributed by atoms with E-state index in [0.717, 1.165) is 0 Å². The fourth-order valence-electron chi connectivity index (χ4n) is 1.04. The third kappa shape index (κ3) is 4.44. The van der Waals surface area contributed by atoms with Gasteiger partial charge in [-0.05, 0) is 18.4 Å². The smallest absolute Gasteiger partial charge is 0.257 e. The molecule has 3 N–H and O–H groups in total. The van der Waals surface area contributed by atoms with Crippen LogP contribution in [0.25, 0.3) is 0 Å². The largest absolute Gasteiger partial charge is 0.370 e. The Morgan fingerprint density at radius 3 is 3.06 bits per heavy atom. The quantitative estimate of drug-likeness (QED) is 0.342. The molecule has 0 aliphatic rings. The Hall–Kier alpha value is -2.06. The first-order valence-corrected chi connectivity index (χ1v) is 4.78. The molecule has 0 aliphatic heterocycles. The van der Waals surface area contributed by atoms with Crippen molar-refractivity contribution in [2.45, 2.75) is 19.3 Å². The summed E-state index contributed by atoms with van der Waals surface area (Å²) in [5.41, 5.74) is 5.49. The van der Waals surface area contributed by atoms with Gasteiger partial charge in [-0.3, -0.25) is 4.79 Å². The Bertz CT molecular complexity index is 421. The molecule has 0 fully saturated rings. The maximum Gasteiger partial charge on any atom is 0.257 e. The van der Waals surface area contributed by atoms with E-state index in [9.17, 15) is 4.79 Å². The number of hydrogen-bond acceptors (Lipinski definition) is 4. The minimum Gasteiger partial charge on any atom is -0.370 e. The van der Waals surface area contributed by atoms with Gasteiger partial charge in [-0.25, -0.2) is 10.2 Å². The molecular weight excluding hydrogens is 208 g/mol. The summed E-state index contributed by atoms with van der Waals surface area (Å²) >= 11 is 0. The second-order valence-electron chi connectivity index (χ2n) is 3.07. The second kappa shape index (κ2) is 6.43. The molecule has 0 aliphatic carbocycles. The molecule has 0 atom stereocenters. The lowest BCUT2D eigenvalue weighted by Crippen LogP contribution is -2.09. The van der Waals surface area contributed by atoms with Crippen molar-refractivity contribution in [2.24, 2.45) is 5.73 Å². The van der Waals surface area contributed by atoms with Crippen LogP contribution in [0.2, 0.25) is 0 Å². The van der Waals surface area contributed by atoms with Crippen molar-refractivity contribution in [1.29, 1.82) is 0 Å². The number of aromatic nitrogens is 1. The van der Waals surface area contributed by atoms with Crippen LogP contribution in [0.4, 0.5) is 0 Å². The zero-order valence-electron chi connectivity index (χ0n) is 8.64. The van der Waals surface area contributed by atoms with Crippen LogP contribution in [0.1, 0.15) is 25.0 Å². The van der Waals surface area contributed by atoms with Gasteiger partial charge in [-0.15, -0.1) is 0 Å². The van der Waals surface area contributed by atoms with Gasteiger partial charge in [0.2, 0.25) is 5.91 Å². The van der Waals surface area contributed by atoms with Crippen LogP contribution >= 0.6 is 0 Å². The number of carbonyl (C=O) groups excluding carboxylic acids is 1. The lowest BCUT2D eigenvalue weighted by molar-refractivity contribution is -0.141. The molecule has 0 radical (unpaired) electrons. The summed E-state index contributed by atoms with van der Waals surface area (Å²) in [6.07, 6.45) is 1.55. The first-order chi connectivity index (χ1) is 7.72. The highest BCUT2D eigenvalue weighted by atomic mass is 17.1. The molecular formula is C11H12N2O3. The first kappa shape index (κ1) is 12.0. The lowest BCUT2D eigenvalue weighted by atomic mass is 10.2. The highest BCUT2D eigenvalue weighted by molar-refractivity contribution is 5.73. The molecule has 5 heteroatoms. The molecule has 5 nitrogen and oxygen atoms in total. The van der Waals surface area contributed by atoms with Gasteiger partial charge in [0.25, 0.3) is 5.88 Å². The van der Waals surface area contributed by atoms with E-state index in [-0.39, 0.29) is 11.8 Å². The molecule has 84 valence electrons. The maximum absolute atomic E-state index is 10.4. The van der Waals surface area contributed by atoms with Crippen molar-refractivity contribution in [3.63, 3.8) is 0 Å². The van der Waals surface area contributed by atoms with E-state index in [2.05, 4.69) is 21.7 Å². The number of rotatable bonds is 4. The topological polar surface area (TPSA) is 85.4 Å². The van der Waals surface area contributed by atoms with E-state index in [4.69, 9.17) is 11.0 Å². The predicted molar refractivity (Wildman–Crippen MR) is 57.4 cm³/mol. The summed E-state index contributed by atoms with van der Waals surface area (Å²) in [6.45, 7) is 0. The van der Waals surface area contributed by atoms with E-state index in [1.807, 2.05) is 0 Å². The van der Waals surface area contributed by atoms with Crippen LogP contribution in [-0.4, -0.2) is 16.1 Å². The fourth-order valence-corrected chi connectivity index (χ4v) is 1.04. The van der Waals surface area contributed by atoms with E-state index < -0.39 is 0 Å². The average molecular weight is 220 g/mol. The maximum atomic E-state index is 10.4. The van der Waals surface area contributed by atoms with Crippen molar-refractivity contribution in [3.8, 4) is 17.7 Å². The van der Waals surface area contributed by atoms with Gasteiger partial charge in [0.15, 0.2) is 0 Å². The summed E-state index contributed by atoms with van der Waals surface area (Å²) in [7, 11) is 0. The Morgan fingerprint density at radius 1 is 1.56 bits per heavy atom. The van der Waals surface area contributed by atoms with Gasteiger partial charge in [0, 0.05) is 18.9 Å². The summed E-state index contributed by atoms with van der Waals surface area (Å²) < 4.78 is 0. The van der Waals surface area contributed by atoms with E-state index in [1.165, 1.54) is 6.07 Å². The summed E-state index contributed by atoms with van der Waals surface area (Å²) in [5, 5.41) is 8.37. The third-order valence-electron chi connectivity index (χ3n) is 1.76.